The lowest BCUT2D eigenvalue weighted by atomic mass is 10.0. The standard InChI is InChI=1S/C23H21N3O/c1-3-26(18-11-6-8-16(2)14-18)23(27)22-15-21(24-25-22)20-13-7-10-17-9-4-5-12-19(17)20/h4-15H,3H2,1-2H3,(H,24,25). The van der Waals surface area contributed by atoms with Gasteiger partial charge < -0.3 is 4.90 Å². The van der Waals surface area contributed by atoms with Gasteiger partial charge in [-0.2, -0.15) is 5.10 Å². The number of nitrogens with one attached hydrogen (secondary N) is 1. The topological polar surface area (TPSA) is 49.0 Å². The maximum absolute atomic E-state index is 13.1. The maximum Gasteiger partial charge on any atom is 0.276 e. The van der Waals surface area contributed by atoms with Crippen LogP contribution in [0.5, 0.6) is 0 Å². The summed E-state index contributed by atoms with van der Waals surface area (Å²) in [4.78, 5) is 14.8. The summed E-state index contributed by atoms with van der Waals surface area (Å²) in [6.07, 6.45) is 0. The molecule has 1 amide bonds. The zero-order chi connectivity index (χ0) is 18.8. The van der Waals surface area contributed by atoms with Gasteiger partial charge >= 0.3 is 0 Å². The Morgan fingerprint density at radius 3 is 2.59 bits per heavy atom. The van der Waals surface area contributed by atoms with Gasteiger partial charge in [-0.15, -0.1) is 0 Å². The predicted molar refractivity (Wildman–Crippen MR) is 110 cm³/mol. The van der Waals surface area contributed by atoms with Crippen LogP contribution in [0.2, 0.25) is 0 Å². The molecule has 0 radical (unpaired) electrons. The second-order valence-corrected chi connectivity index (χ2v) is 6.58. The minimum Gasteiger partial charge on any atom is -0.307 e. The number of hydrogen-bond acceptors (Lipinski definition) is 2. The molecule has 0 aliphatic rings. The number of fused-ring (bicyclic) bond motifs is 1. The first-order valence-corrected chi connectivity index (χ1v) is 9.09. The molecule has 0 unspecified atom stereocenters. The van der Waals surface area contributed by atoms with Crippen LogP contribution in [0.15, 0.2) is 72.8 Å². The van der Waals surface area contributed by atoms with Gasteiger partial charge in [-0.3, -0.25) is 9.89 Å². The molecule has 3 aromatic carbocycles. The lowest BCUT2D eigenvalue weighted by molar-refractivity contribution is 0.0983. The van der Waals surface area contributed by atoms with Crippen molar-refractivity contribution in [2.45, 2.75) is 13.8 Å². The van der Waals surface area contributed by atoms with Gasteiger partial charge in [0.15, 0.2) is 0 Å². The molecule has 0 saturated heterocycles. The summed E-state index contributed by atoms with van der Waals surface area (Å²) in [5.41, 5.74) is 4.29. The highest BCUT2D eigenvalue weighted by Crippen LogP contribution is 2.28. The van der Waals surface area contributed by atoms with E-state index < -0.39 is 0 Å². The number of amides is 1. The van der Waals surface area contributed by atoms with Crippen LogP contribution in [0.4, 0.5) is 5.69 Å². The zero-order valence-electron chi connectivity index (χ0n) is 15.4. The first-order chi connectivity index (χ1) is 13.2. The Balaban J connectivity index is 1.70. The Morgan fingerprint density at radius 2 is 1.78 bits per heavy atom. The summed E-state index contributed by atoms with van der Waals surface area (Å²) >= 11 is 0. The smallest absolute Gasteiger partial charge is 0.276 e. The van der Waals surface area contributed by atoms with Crippen LogP contribution in [-0.4, -0.2) is 22.6 Å². The lowest BCUT2D eigenvalue weighted by Gasteiger charge is -2.20. The zero-order valence-corrected chi connectivity index (χ0v) is 15.4. The highest BCUT2D eigenvalue weighted by molar-refractivity contribution is 6.06. The highest BCUT2D eigenvalue weighted by atomic mass is 16.2. The number of aryl methyl sites for hydroxylation is 1. The SMILES string of the molecule is CCN(C(=O)c1cc(-c2cccc3ccccc23)n[nH]1)c1cccc(C)c1. The van der Waals surface area contributed by atoms with Crippen LogP contribution in [0.1, 0.15) is 23.0 Å². The van der Waals surface area contributed by atoms with E-state index in [1.807, 2.05) is 68.4 Å². The molecule has 4 rings (SSSR count). The van der Waals surface area contributed by atoms with Gasteiger partial charge in [-0.05, 0) is 48.4 Å². The van der Waals surface area contributed by atoms with E-state index in [0.717, 1.165) is 33.3 Å². The lowest BCUT2D eigenvalue weighted by Crippen LogP contribution is -2.30. The molecule has 27 heavy (non-hydrogen) atoms. The number of hydrogen-bond donors (Lipinski definition) is 1. The first-order valence-electron chi connectivity index (χ1n) is 9.09. The number of aromatic amines is 1. The summed E-state index contributed by atoms with van der Waals surface area (Å²) < 4.78 is 0. The van der Waals surface area contributed by atoms with Crippen LogP contribution >= 0.6 is 0 Å². The van der Waals surface area contributed by atoms with Crippen LogP contribution in [0, 0.1) is 6.92 Å². The van der Waals surface area contributed by atoms with Gasteiger partial charge in [0.25, 0.3) is 5.91 Å². The third kappa shape index (κ3) is 3.22. The van der Waals surface area contributed by atoms with E-state index in [9.17, 15) is 4.79 Å². The molecule has 0 fully saturated rings. The third-order valence-corrected chi connectivity index (χ3v) is 4.75. The highest BCUT2D eigenvalue weighted by Gasteiger charge is 2.19. The molecule has 0 aliphatic carbocycles. The quantitative estimate of drug-likeness (QED) is 0.546. The van der Waals surface area contributed by atoms with Gasteiger partial charge in [0.1, 0.15) is 5.69 Å². The van der Waals surface area contributed by atoms with E-state index in [4.69, 9.17) is 0 Å². The van der Waals surface area contributed by atoms with Crippen molar-refractivity contribution in [3.63, 3.8) is 0 Å². The van der Waals surface area contributed by atoms with E-state index in [0.29, 0.717) is 12.2 Å². The number of anilines is 1. The number of rotatable bonds is 4. The molecule has 0 saturated carbocycles. The molecule has 0 aliphatic heterocycles. The Bertz CT molecular complexity index is 1110. The number of benzene rings is 3. The molecule has 0 spiro atoms. The number of carbonyl (C=O) groups is 1. The van der Waals surface area contributed by atoms with Gasteiger partial charge in [-0.1, -0.05) is 54.6 Å². The van der Waals surface area contributed by atoms with E-state index >= 15 is 0 Å². The van der Waals surface area contributed by atoms with E-state index in [-0.39, 0.29) is 5.91 Å². The summed E-state index contributed by atoms with van der Waals surface area (Å²) in [7, 11) is 0. The van der Waals surface area contributed by atoms with E-state index in [1.54, 1.807) is 4.90 Å². The number of carbonyl (C=O) groups excluding carboxylic acids is 1. The second kappa shape index (κ2) is 7.08. The summed E-state index contributed by atoms with van der Waals surface area (Å²) in [5.74, 6) is -0.0814. The predicted octanol–water partition coefficient (Wildman–Crippen LogP) is 5.21. The Hall–Kier alpha value is -3.40. The Labute approximate surface area is 158 Å². The van der Waals surface area contributed by atoms with E-state index in [2.05, 4.69) is 28.4 Å². The molecule has 4 aromatic rings. The largest absolute Gasteiger partial charge is 0.307 e. The van der Waals surface area contributed by atoms with Crippen molar-refractivity contribution in [2.24, 2.45) is 0 Å². The molecule has 0 bridgehead atoms. The van der Waals surface area contributed by atoms with Crippen molar-refractivity contribution in [1.82, 2.24) is 10.2 Å². The van der Waals surface area contributed by atoms with Crippen molar-refractivity contribution >= 4 is 22.4 Å². The molecular weight excluding hydrogens is 334 g/mol. The molecule has 134 valence electrons. The van der Waals surface area contributed by atoms with Crippen molar-refractivity contribution in [2.75, 3.05) is 11.4 Å². The normalized spacial score (nSPS) is 10.9. The molecule has 1 aromatic heterocycles. The van der Waals surface area contributed by atoms with Crippen LogP contribution < -0.4 is 4.90 Å². The van der Waals surface area contributed by atoms with Crippen LogP contribution in [0.25, 0.3) is 22.0 Å². The van der Waals surface area contributed by atoms with Crippen molar-refractivity contribution in [3.05, 3.63) is 84.1 Å². The number of aromatic nitrogens is 2. The molecule has 4 nitrogen and oxygen atoms in total. The molecule has 1 N–H and O–H groups in total. The van der Waals surface area contributed by atoms with Gasteiger partial charge in [0.2, 0.25) is 0 Å². The second-order valence-electron chi connectivity index (χ2n) is 6.58. The minimum atomic E-state index is -0.0814. The van der Waals surface area contributed by atoms with Gasteiger partial charge in [-0.25, -0.2) is 0 Å². The average Bonchev–Trinajstić information content (AvgIpc) is 3.18. The van der Waals surface area contributed by atoms with Crippen LogP contribution in [-0.2, 0) is 0 Å². The fraction of sp³-hybridized carbons (Fsp3) is 0.130. The van der Waals surface area contributed by atoms with Gasteiger partial charge in [0, 0.05) is 17.8 Å². The van der Waals surface area contributed by atoms with Crippen LogP contribution in [0.3, 0.4) is 0 Å². The maximum atomic E-state index is 13.1. The van der Waals surface area contributed by atoms with Crippen molar-refractivity contribution in [1.29, 1.82) is 0 Å². The first kappa shape index (κ1) is 17.0. The summed E-state index contributed by atoms with van der Waals surface area (Å²) in [6.45, 7) is 4.59. The van der Waals surface area contributed by atoms with Gasteiger partial charge in [0.05, 0.1) is 5.69 Å². The van der Waals surface area contributed by atoms with E-state index in [1.165, 1.54) is 0 Å². The summed E-state index contributed by atoms with van der Waals surface area (Å²) in [5, 5.41) is 9.62. The fourth-order valence-electron chi connectivity index (χ4n) is 3.40. The monoisotopic (exact) mass is 355 g/mol. The van der Waals surface area contributed by atoms with Crippen molar-refractivity contribution in [3.8, 4) is 11.3 Å². The molecular formula is C23H21N3O. The molecule has 1 heterocycles. The minimum absolute atomic E-state index is 0.0814. The molecule has 0 atom stereocenters. The Morgan fingerprint density at radius 1 is 1.00 bits per heavy atom. The molecule has 4 heteroatoms. The Kier molecular flexibility index (Phi) is 4.47. The fourth-order valence-corrected chi connectivity index (χ4v) is 3.40. The number of nitrogens with zero attached hydrogens (tertiary/aromatic N) is 2. The third-order valence-electron chi connectivity index (χ3n) is 4.75. The summed E-state index contributed by atoms with van der Waals surface area (Å²) in [6, 6.07) is 24.1. The average molecular weight is 355 g/mol. The number of H-pyrrole nitrogens is 1. The van der Waals surface area contributed by atoms with Crippen molar-refractivity contribution < 1.29 is 4.79 Å².